The number of aliphatic hydroxyl groups is 1. The first-order valence-electron chi connectivity index (χ1n) is 3.55. The number of hydrogen-bond acceptors (Lipinski definition) is 2. The van der Waals surface area contributed by atoms with E-state index in [-0.39, 0.29) is 6.10 Å². The molecule has 0 radical (unpaired) electrons. The zero-order valence-electron chi connectivity index (χ0n) is 6.00. The summed E-state index contributed by atoms with van der Waals surface area (Å²) in [4.78, 5) is 0. The lowest BCUT2D eigenvalue weighted by Crippen LogP contribution is -2.21. The standard InChI is InChI=1S/C7H14O2/c1-3-6(5(2)8)7-4-9-7/h5-8H,3-4H2,1-2H3/t5-,6-,7-/m1/s1. The van der Waals surface area contributed by atoms with Crippen LogP contribution in [0.25, 0.3) is 0 Å². The topological polar surface area (TPSA) is 32.8 Å². The Bertz CT molecular complexity index is 84.9. The number of ether oxygens (including phenoxy) is 1. The average Bonchev–Trinajstić information content (AvgIpc) is 2.50. The summed E-state index contributed by atoms with van der Waals surface area (Å²) in [5.74, 6) is 0.366. The van der Waals surface area contributed by atoms with Crippen molar-refractivity contribution in [1.82, 2.24) is 0 Å². The molecule has 3 atom stereocenters. The highest BCUT2D eigenvalue weighted by molar-refractivity contribution is 4.81. The molecule has 1 saturated heterocycles. The van der Waals surface area contributed by atoms with Crippen molar-refractivity contribution in [2.75, 3.05) is 6.61 Å². The molecule has 0 bridgehead atoms. The van der Waals surface area contributed by atoms with Gasteiger partial charge >= 0.3 is 0 Å². The summed E-state index contributed by atoms with van der Waals surface area (Å²) in [5, 5.41) is 9.14. The zero-order chi connectivity index (χ0) is 6.85. The van der Waals surface area contributed by atoms with Crippen molar-refractivity contribution in [2.24, 2.45) is 5.92 Å². The fourth-order valence-corrected chi connectivity index (χ4v) is 1.22. The Morgan fingerprint density at radius 1 is 1.78 bits per heavy atom. The van der Waals surface area contributed by atoms with E-state index in [0.717, 1.165) is 13.0 Å². The predicted molar refractivity (Wildman–Crippen MR) is 35.2 cm³/mol. The summed E-state index contributed by atoms with van der Waals surface area (Å²) in [7, 11) is 0. The summed E-state index contributed by atoms with van der Waals surface area (Å²) in [5.41, 5.74) is 0. The number of rotatable bonds is 3. The molecule has 0 aliphatic carbocycles. The largest absolute Gasteiger partial charge is 0.393 e. The van der Waals surface area contributed by atoms with Gasteiger partial charge in [0.15, 0.2) is 0 Å². The van der Waals surface area contributed by atoms with Crippen molar-refractivity contribution in [2.45, 2.75) is 32.5 Å². The molecule has 1 heterocycles. The van der Waals surface area contributed by atoms with Gasteiger partial charge in [-0.3, -0.25) is 0 Å². The second-order valence-corrected chi connectivity index (χ2v) is 2.68. The van der Waals surface area contributed by atoms with E-state index >= 15 is 0 Å². The smallest absolute Gasteiger partial charge is 0.0862 e. The Morgan fingerprint density at radius 3 is 2.44 bits per heavy atom. The number of epoxide rings is 1. The molecule has 1 aliphatic rings. The van der Waals surface area contributed by atoms with Crippen LogP contribution in [0.3, 0.4) is 0 Å². The third kappa shape index (κ3) is 1.66. The third-order valence-corrected chi connectivity index (χ3v) is 1.93. The first-order chi connectivity index (χ1) is 4.25. The quantitative estimate of drug-likeness (QED) is 0.573. The summed E-state index contributed by atoms with van der Waals surface area (Å²) >= 11 is 0. The molecule has 2 nitrogen and oxygen atoms in total. The van der Waals surface area contributed by atoms with E-state index in [1.807, 2.05) is 6.92 Å². The molecule has 0 unspecified atom stereocenters. The van der Waals surface area contributed by atoms with Gasteiger partial charge in [-0.15, -0.1) is 0 Å². The molecule has 9 heavy (non-hydrogen) atoms. The summed E-state index contributed by atoms with van der Waals surface area (Å²) in [6.45, 7) is 4.76. The van der Waals surface area contributed by atoms with Gasteiger partial charge in [-0.2, -0.15) is 0 Å². The Kier molecular flexibility index (Phi) is 2.09. The molecule has 2 heteroatoms. The number of hydrogen-bond donors (Lipinski definition) is 1. The van der Waals surface area contributed by atoms with Crippen molar-refractivity contribution < 1.29 is 9.84 Å². The Hall–Kier alpha value is -0.0800. The summed E-state index contributed by atoms with van der Waals surface area (Å²) < 4.78 is 5.06. The van der Waals surface area contributed by atoms with Crippen LogP contribution in [-0.2, 0) is 4.74 Å². The maximum absolute atomic E-state index is 9.14. The van der Waals surface area contributed by atoms with Crippen LogP contribution in [0.4, 0.5) is 0 Å². The van der Waals surface area contributed by atoms with Crippen LogP contribution in [0, 0.1) is 5.92 Å². The van der Waals surface area contributed by atoms with E-state index in [1.165, 1.54) is 0 Å². The molecule has 0 spiro atoms. The predicted octanol–water partition coefficient (Wildman–Crippen LogP) is 0.792. The normalized spacial score (nSPS) is 31.7. The van der Waals surface area contributed by atoms with Gasteiger partial charge in [-0.1, -0.05) is 6.92 Å². The van der Waals surface area contributed by atoms with Crippen LogP contribution in [0.2, 0.25) is 0 Å². The summed E-state index contributed by atoms with van der Waals surface area (Å²) in [6, 6.07) is 0. The van der Waals surface area contributed by atoms with Gasteiger partial charge in [-0.05, 0) is 13.3 Å². The minimum atomic E-state index is -0.206. The highest BCUT2D eigenvalue weighted by Crippen LogP contribution is 2.25. The molecule has 1 fully saturated rings. The lowest BCUT2D eigenvalue weighted by molar-refractivity contribution is 0.103. The SMILES string of the molecule is CC[C@H]([C@@H](C)O)[C@H]1CO1. The monoisotopic (exact) mass is 130 g/mol. The van der Waals surface area contributed by atoms with Gasteiger partial charge in [0.2, 0.25) is 0 Å². The molecule has 1 rings (SSSR count). The molecule has 0 aromatic rings. The van der Waals surface area contributed by atoms with Gasteiger partial charge in [0.25, 0.3) is 0 Å². The first kappa shape index (κ1) is 7.03. The third-order valence-electron chi connectivity index (χ3n) is 1.93. The van der Waals surface area contributed by atoms with Gasteiger partial charge in [0.1, 0.15) is 0 Å². The highest BCUT2D eigenvalue weighted by atomic mass is 16.6. The Labute approximate surface area is 55.8 Å². The lowest BCUT2D eigenvalue weighted by Gasteiger charge is -2.13. The van der Waals surface area contributed by atoms with E-state index in [9.17, 15) is 0 Å². The second kappa shape index (κ2) is 2.67. The van der Waals surface area contributed by atoms with E-state index in [4.69, 9.17) is 9.84 Å². The van der Waals surface area contributed by atoms with Crippen LogP contribution in [-0.4, -0.2) is 23.9 Å². The Morgan fingerprint density at radius 2 is 2.33 bits per heavy atom. The maximum Gasteiger partial charge on any atom is 0.0862 e. The molecule has 1 aliphatic heterocycles. The minimum absolute atomic E-state index is 0.206. The highest BCUT2D eigenvalue weighted by Gasteiger charge is 2.33. The average molecular weight is 130 g/mol. The fourth-order valence-electron chi connectivity index (χ4n) is 1.22. The van der Waals surface area contributed by atoms with E-state index in [1.54, 1.807) is 0 Å². The molecule has 54 valence electrons. The van der Waals surface area contributed by atoms with E-state index < -0.39 is 0 Å². The number of aliphatic hydroxyl groups excluding tert-OH is 1. The molecule has 0 amide bonds. The van der Waals surface area contributed by atoms with Crippen molar-refractivity contribution >= 4 is 0 Å². The van der Waals surface area contributed by atoms with Crippen LogP contribution < -0.4 is 0 Å². The lowest BCUT2D eigenvalue weighted by atomic mass is 9.97. The van der Waals surface area contributed by atoms with Crippen molar-refractivity contribution in [3.8, 4) is 0 Å². The van der Waals surface area contributed by atoms with Gasteiger partial charge in [0, 0.05) is 5.92 Å². The van der Waals surface area contributed by atoms with Crippen LogP contribution >= 0.6 is 0 Å². The van der Waals surface area contributed by atoms with Crippen LogP contribution in [0.1, 0.15) is 20.3 Å². The molecular formula is C7H14O2. The van der Waals surface area contributed by atoms with Crippen molar-refractivity contribution in [3.63, 3.8) is 0 Å². The van der Waals surface area contributed by atoms with Crippen molar-refractivity contribution in [1.29, 1.82) is 0 Å². The second-order valence-electron chi connectivity index (χ2n) is 2.68. The van der Waals surface area contributed by atoms with E-state index in [0.29, 0.717) is 12.0 Å². The molecule has 1 N–H and O–H groups in total. The fraction of sp³-hybridized carbons (Fsp3) is 1.00. The molecular weight excluding hydrogens is 116 g/mol. The van der Waals surface area contributed by atoms with E-state index in [2.05, 4.69) is 6.92 Å². The minimum Gasteiger partial charge on any atom is -0.393 e. The van der Waals surface area contributed by atoms with Gasteiger partial charge in [-0.25, -0.2) is 0 Å². The van der Waals surface area contributed by atoms with Gasteiger partial charge < -0.3 is 9.84 Å². The molecule has 0 aromatic heterocycles. The molecule has 0 saturated carbocycles. The molecule has 0 aromatic carbocycles. The Balaban J connectivity index is 2.28. The first-order valence-corrected chi connectivity index (χ1v) is 3.55. The zero-order valence-corrected chi connectivity index (χ0v) is 6.00. The maximum atomic E-state index is 9.14. The van der Waals surface area contributed by atoms with Crippen molar-refractivity contribution in [3.05, 3.63) is 0 Å². The van der Waals surface area contributed by atoms with Crippen LogP contribution in [0.5, 0.6) is 0 Å². The summed E-state index contributed by atoms with van der Waals surface area (Å²) in [6.07, 6.45) is 1.17. The van der Waals surface area contributed by atoms with Gasteiger partial charge in [0.05, 0.1) is 18.8 Å². The van der Waals surface area contributed by atoms with Crippen LogP contribution in [0.15, 0.2) is 0 Å².